The van der Waals surface area contributed by atoms with Gasteiger partial charge in [0.25, 0.3) is 0 Å². The Morgan fingerprint density at radius 3 is 2.35 bits per heavy atom. The molecule has 0 aliphatic carbocycles. The van der Waals surface area contributed by atoms with E-state index in [-0.39, 0.29) is 0 Å². The lowest BCUT2D eigenvalue weighted by atomic mass is 10.0. The van der Waals surface area contributed by atoms with E-state index in [1.165, 1.54) is 6.07 Å². The lowest BCUT2D eigenvalue weighted by molar-refractivity contribution is -0.137. The van der Waals surface area contributed by atoms with Crippen molar-refractivity contribution in [3.63, 3.8) is 0 Å². The fourth-order valence-electron chi connectivity index (χ4n) is 1.89. The van der Waals surface area contributed by atoms with Crippen LogP contribution in [0.3, 0.4) is 0 Å². The average Bonchev–Trinajstić information content (AvgIpc) is 2.41. The molecule has 1 aromatic heterocycles. The first-order valence-electron chi connectivity index (χ1n) is 6.05. The summed E-state index contributed by atoms with van der Waals surface area (Å²) in [7, 11) is 1.66. The van der Waals surface area contributed by atoms with E-state index >= 15 is 0 Å². The molecule has 0 radical (unpaired) electrons. The summed E-state index contributed by atoms with van der Waals surface area (Å²) >= 11 is 0. The van der Waals surface area contributed by atoms with Gasteiger partial charge in [-0.2, -0.15) is 13.2 Å². The smallest absolute Gasteiger partial charge is 0.307 e. The summed E-state index contributed by atoms with van der Waals surface area (Å²) < 4.78 is 38.2. The normalized spacial score (nSPS) is 13.2. The molecule has 1 heterocycles. The van der Waals surface area contributed by atoms with Crippen LogP contribution in [-0.4, -0.2) is 17.0 Å². The van der Waals surface area contributed by atoms with Crippen molar-refractivity contribution >= 4 is 0 Å². The van der Waals surface area contributed by atoms with Crippen molar-refractivity contribution in [3.05, 3.63) is 59.2 Å². The van der Waals surface area contributed by atoms with Crippen LogP contribution in [0.1, 0.15) is 28.6 Å². The average molecular weight is 281 g/mol. The predicted octanol–water partition coefficient (Wildman–Crippen LogP) is 3.11. The minimum atomic E-state index is -4.36. The SMILES string of the molecule is CNC(c1cccc(C(F)(F)F)c1)c1ncc(C)cn1. The van der Waals surface area contributed by atoms with Gasteiger partial charge in [0, 0.05) is 12.4 Å². The quantitative estimate of drug-likeness (QED) is 0.939. The molecular formula is C14H14F3N3. The second-order valence-corrected chi connectivity index (χ2v) is 4.46. The molecule has 2 rings (SSSR count). The van der Waals surface area contributed by atoms with Crippen LogP contribution < -0.4 is 5.32 Å². The summed E-state index contributed by atoms with van der Waals surface area (Å²) in [6.07, 6.45) is -1.08. The second-order valence-electron chi connectivity index (χ2n) is 4.46. The molecule has 0 saturated carbocycles. The van der Waals surface area contributed by atoms with Crippen molar-refractivity contribution in [2.24, 2.45) is 0 Å². The zero-order valence-corrected chi connectivity index (χ0v) is 11.1. The highest BCUT2D eigenvalue weighted by Crippen LogP contribution is 2.31. The maximum atomic E-state index is 12.7. The Labute approximate surface area is 114 Å². The molecule has 0 aliphatic heterocycles. The van der Waals surface area contributed by atoms with Gasteiger partial charge >= 0.3 is 6.18 Å². The predicted molar refractivity (Wildman–Crippen MR) is 69.1 cm³/mol. The molecule has 0 aliphatic rings. The van der Waals surface area contributed by atoms with Gasteiger partial charge in [-0.1, -0.05) is 12.1 Å². The van der Waals surface area contributed by atoms with Crippen molar-refractivity contribution in [2.75, 3.05) is 7.05 Å². The molecule has 0 amide bonds. The second kappa shape index (κ2) is 5.58. The van der Waals surface area contributed by atoms with E-state index in [0.29, 0.717) is 11.4 Å². The Kier molecular flexibility index (Phi) is 4.04. The monoisotopic (exact) mass is 281 g/mol. The third-order valence-electron chi connectivity index (χ3n) is 2.90. The summed E-state index contributed by atoms with van der Waals surface area (Å²) in [5, 5.41) is 2.94. The summed E-state index contributed by atoms with van der Waals surface area (Å²) in [5.41, 5.74) is 0.696. The lowest BCUT2D eigenvalue weighted by Crippen LogP contribution is -2.21. The van der Waals surface area contributed by atoms with E-state index in [1.54, 1.807) is 25.5 Å². The maximum Gasteiger partial charge on any atom is 0.416 e. The van der Waals surface area contributed by atoms with Crippen LogP contribution in [0, 0.1) is 6.92 Å². The molecule has 106 valence electrons. The molecule has 0 fully saturated rings. The standard InChI is InChI=1S/C14H14F3N3/c1-9-7-19-13(20-8-9)12(18-2)10-4-3-5-11(6-10)14(15,16)17/h3-8,12,18H,1-2H3. The van der Waals surface area contributed by atoms with Crippen LogP contribution in [0.4, 0.5) is 13.2 Å². The molecular weight excluding hydrogens is 267 g/mol. The van der Waals surface area contributed by atoms with E-state index in [9.17, 15) is 13.2 Å². The summed E-state index contributed by atoms with van der Waals surface area (Å²) in [6.45, 7) is 1.85. The number of nitrogens with one attached hydrogen (secondary N) is 1. The van der Waals surface area contributed by atoms with Crippen LogP contribution in [0.2, 0.25) is 0 Å². The largest absolute Gasteiger partial charge is 0.416 e. The molecule has 20 heavy (non-hydrogen) atoms. The minimum absolute atomic E-state index is 0.442. The Morgan fingerprint density at radius 2 is 1.80 bits per heavy atom. The van der Waals surface area contributed by atoms with Gasteiger partial charge in [0.15, 0.2) is 0 Å². The number of aryl methyl sites for hydroxylation is 1. The number of aromatic nitrogens is 2. The van der Waals surface area contributed by atoms with Gasteiger partial charge in [0.2, 0.25) is 0 Å². The van der Waals surface area contributed by atoms with E-state index in [1.807, 2.05) is 6.92 Å². The van der Waals surface area contributed by atoms with Gasteiger partial charge in [-0.05, 0) is 37.2 Å². The molecule has 1 N–H and O–H groups in total. The van der Waals surface area contributed by atoms with E-state index < -0.39 is 17.8 Å². The number of rotatable bonds is 3. The molecule has 0 spiro atoms. The third kappa shape index (κ3) is 3.14. The number of nitrogens with zero attached hydrogens (tertiary/aromatic N) is 2. The lowest BCUT2D eigenvalue weighted by Gasteiger charge is -2.17. The van der Waals surface area contributed by atoms with Crippen LogP contribution in [-0.2, 0) is 6.18 Å². The zero-order valence-electron chi connectivity index (χ0n) is 11.1. The van der Waals surface area contributed by atoms with Crippen LogP contribution >= 0.6 is 0 Å². The Balaban J connectivity index is 2.39. The van der Waals surface area contributed by atoms with Gasteiger partial charge in [0.1, 0.15) is 5.82 Å². The first-order chi connectivity index (χ1) is 9.41. The van der Waals surface area contributed by atoms with Gasteiger partial charge in [-0.25, -0.2) is 9.97 Å². The number of hydrogen-bond acceptors (Lipinski definition) is 3. The van der Waals surface area contributed by atoms with Crippen molar-refractivity contribution in [1.29, 1.82) is 0 Å². The minimum Gasteiger partial charge on any atom is -0.307 e. The Bertz CT molecular complexity index is 579. The van der Waals surface area contributed by atoms with Gasteiger partial charge in [0.05, 0.1) is 11.6 Å². The Hall–Kier alpha value is -1.95. The van der Waals surface area contributed by atoms with E-state index in [4.69, 9.17) is 0 Å². The summed E-state index contributed by atoms with van der Waals surface area (Å²) in [5.74, 6) is 0.442. The van der Waals surface area contributed by atoms with Crippen molar-refractivity contribution in [3.8, 4) is 0 Å². The van der Waals surface area contributed by atoms with Crippen molar-refractivity contribution < 1.29 is 13.2 Å². The zero-order chi connectivity index (χ0) is 14.8. The van der Waals surface area contributed by atoms with Crippen molar-refractivity contribution in [2.45, 2.75) is 19.1 Å². The molecule has 3 nitrogen and oxygen atoms in total. The maximum absolute atomic E-state index is 12.7. The third-order valence-corrected chi connectivity index (χ3v) is 2.90. The fraction of sp³-hybridized carbons (Fsp3) is 0.286. The van der Waals surface area contributed by atoms with E-state index in [2.05, 4.69) is 15.3 Å². The molecule has 0 bridgehead atoms. The highest BCUT2D eigenvalue weighted by atomic mass is 19.4. The van der Waals surface area contributed by atoms with Gasteiger partial charge < -0.3 is 5.32 Å². The number of halogens is 3. The van der Waals surface area contributed by atoms with Gasteiger partial charge in [-0.15, -0.1) is 0 Å². The van der Waals surface area contributed by atoms with Crippen LogP contribution in [0.15, 0.2) is 36.7 Å². The first kappa shape index (κ1) is 14.5. The molecule has 2 aromatic rings. The number of hydrogen-bond donors (Lipinski definition) is 1. The van der Waals surface area contributed by atoms with Crippen LogP contribution in [0.25, 0.3) is 0 Å². The van der Waals surface area contributed by atoms with Crippen LogP contribution in [0.5, 0.6) is 0 Å². The molecule has 6 heteroatoms. The van der Waals surface area contributed by atoms with E-state index in [0.717, 1.165) is 17.7 Å². The highest BCUT2D eigenvalue weighted by molar-refractivity contribution is 5.31. The van der Waals surface area contributed by atoms with Crippen molar-refractivity contribution in [1.82, 2.24) is 15.3 Å². The topological polar surface area (TPSA) is 37.8 Å². The molecule has 0 saturated heterocycles. The number of alkyl halides is 3. The summed E-state index contributed by atoms with van der Waals surface area (Å²) in [6, 6.07) is 4.70. The Morgan fingerprint density at radius 1 is 1.15 bits per heavy atom. The number of benzene rings is 1. The van der Waals surface area contributed by atoms with Gasteiger partial charge in [-0.3, -0.25) is 0 Å². The molecule has 1 unspecified atom stereocenters. The summed E-state index contributed by atoms with van der Waals surface area (Å²) in [4.78, 5) is 8.33. The fourth-order valence-corrected chi connectivity index (χ4v) is 1.89. The molecule has 1 atom stereocenters. The highest BCUT2D eigenvalue weighted by Gasteiger charge is 2.31. The first-order valence-corrected chi connectivity index (χ1v) is 6.05. The molecule has 1 aromatic carbocycles.